The van der Waals surface area contributed by atoms with Crippen LogP contribution < -0.4 is 0 Å². The van der Waals surface area contributed by atoms with Crippen molar-refractivity contribution in [2.24, 2.45) is 0 Å². The van der Waals surface area contributed by atoms with Crippen molar-refractivity contribution in [2.75, 3.05) is 14.2 Å². The van der Waals surface area contributed by atoms with Crippen LogP contribution in [0.25, 0.3) is 39.0 Å². The molecule has 5 aromatic rings. The first kappa shape index (κ1) is 28.9. The molecule has 5 aromatic heterocycles. The third-order valence-electron chi connectivity index (χ3n) is 5.92. The van der Waals surface area contributed by atoms with Gasteiger partial charge in [-0.15, -0.1) is 56.7 Å². The van der Waals surface area contributed by atoms with Crippen molar-refractivity contribution in [2.45, 2.75) is 12.8 Å². The van der Waals surface area contributed by atoms with Gasteiger partial charge >= 0.3 is 23.9 Å². The lowest BCUT2D eigenvalue weighted by Crippen LogP contribution is -2.04. The van der Waals surface area contributed by atoms with Gasteiger partial charge in [0, 0.05) is 39.0 Å². The first-order valence-corrected chi connectivity index (χ1v) is 15.9. The fourth-order valence-corrected chi connectivity index (χ4v) is 9.50. The summed E-state index contributed by atoms with van der Waals surface area (Å²) in [6, 6.07) is 14.4. The number of thiophene rings is 5. The van der Waals surface area contributed by atoms with Crippen LogP contribution in [0.4, 0.5) is 0 Å². The number of esters is 2. The number of hydrogen-bond acceptors (Lipinski definition) is 11. The fourth-order valence-electron chi connectivity index (χ4n) is 3.99. The molecule has 5 heterocycles. The molecule has 0 bridgehead atoms. The second-order valence-electron chi connectivity index (χ2n) is 8.54. The number of carbonyl (C=O) groups is 4. The predicted octanol–water partition coefficient (Wildman–Crippen LogP) is 7.49. The minimum Gasteiger partial charge on any atom is -0.477 e. The number of carboxylic acids is 2. The third-order valence-corrected chi connectivity index (χ3v) is 12.3. The molecule has 0 aromatic carbocycles. The first-order chi connectivity index (χ1) is 19.7. The molecule has 8 nitrogen and oxygen atoms in total. The van der Waals surface area contributed by atoms with E-state index in [2.05, 4.69) is 0 Å². The van der Waals surface area contributed by atoms with Crippen LogP contribution >= 0.6 is 56.7 Å². The summed E-state index contributed by atoms with van der Waals surface area (Å²) < 4.78 is 9.82. The van der Waals surface area contributed by atoms with Gasteiger partial charge in [-0.2, -0.15) is 0 Å². The zero-order chi connectivity index (χ0) is 29.3. The van der Waals surface area contributed by atoms with Gasteiger partial charge in [0.2, 0.25) is 0 Å². The minimum absolute atomic E-state index is 0.0633. The zero-order valence-corrected chi connectivity index (χ0v) is 25.5. The Balaban J connectivity index is 1.55. The topological polar surface area (TPSA) is 127 Å². The number of carboxylic acid groups (broad SMARTS) is 2. The third kappa shape index (κ3) is 6.19. The van der Waals surface area contributed by atoms with Crippen molar-refractivity contribution >= 4 is 80.6 Å². The van der Waals surface area contributed by atoms with Gasteiger partial charge in [-0.05, 0) is 59.7 Å². The van der Waals surface area contributed by atoms with E-state index >= 15 is 0 Å². The Morgan fingerprint density at radius 3 is 1.29 bits per heavy atom. The van der Waals surface area contributed by atoms with E-state index in [9.17, 15) is 29.4 Å². The van der Waals surface area contributed by atoms with Crippen molar-refractivity contribution in [1.82, 2.24) is 0 Å². The molecule has 0 saturated carbocycles. The van der Waals surface area contributed by atoms with E-state index in [-0.39, 0.29) is 34.5 Å². The average Bonchev–Trinajstić information content (AvgIpc) is 3.76. The molecular formula is C28H20O8S5. The lowest BCUT2D eigenvalue weighted by atomic mass is 10.1. The lowest BCUT2D eigenvalue weighted by molar-refractivity contribution is -0.140. The molecule has 0 atom stereocenters. The molecule has 0 aliphatic rings. The molecular weight excluding hydrogens is 625 g/mol. The van der Waals surface area contributed by atoms with Gasteiger partial charge in [0.05, 0.1) is 27.1 Å². The molecule has 0 aliphatic carbocycles. The van der Waals surface area contributed by atoms with Crippen LogP contribution in [-0.4, -0.2) is 48.3 Å². The average molecular weight is 645 g/mol. The molecule has 5 rings (SSSR count). The highest BCUT2D eigenvalue weighted by Gasteiger charge is 2.22. The van der Waals surface area contributed by atoms with Crippen LogP contribution in [0.5, 0.6) is 0 Å². The highest BCUT2D eigenvalue weighted by molar-refractivity contribution is 7.30. The zero-order valence-electron chi connectivity index (χ0n) is 21.4. The van der Waals surface area contributed by atoms with E-state index in [1.165, 1.54) is 70.9 Å². The van der Waals surface area contributed by atoms with Gasteiger partial charge in [0.1, 0.15) is 9.75 Å². The van der Waals surface area contributed by atoms with Gasteiger partial charge in [0.25, 0.3) is 0 Å². The minimum atomic E-state index is -0.990. The summed E-state index contributed by atoms with van der Waals surface area (Å²) in [6.45, 7) is 0. The van der Waals surface area contributed by atoms with Gasteiger partial charge in [-0.1, -0.05) is 0 Å². The van der Waals surface area contributed by atoms with Crippen LogP contribution in [0.2, 0.25) is 0 Å². The number of ether oxygens (including phenoxy) is 2. The number of aromatic carboxylic acids is 2. The summed E-state index contributed by atoms with van der Waals surface area (Å²) in [7, 11) is 2.67. The van der Waals surface area contributed by atoms with Crippen LogP contribution in [0.3, 0.4) is 0 Å². The Labute approximate surface area is 253 Å². The maximum Gasteiger partial charge on any atom is 0.345 e. The van der Waals surface area contributed by atoms with Crippen molar-refractivity contribution < 1.29 is 38.9 Å². The quantitative estimate of drug-likeness (QED) is 0.150. The maximum absolute atomic E-state index is 12.2. The standard InChI is InChI=1S/C28H20O8S5/c1-35-23(29)11-13-9-21(15-3-7-19(37-15)27(31)32)40-25(13)17-5-6-18(39-17)26-14(12-24(30)36-2)10-22(41-26)16-4-8-20(38-16)28(33)34/h3-10H,11-12H2,1-2H3,(H,31,32)(H,33,34). The highest BCUT2D eigenvalue weighted by Crippen LogP contribution is 2.48. The Morgan fingerprint density at radius 2 is 0.951 bits per heavy atom. The molecule has 210 valence electrons. The summed E-state index contributed by atoms with van der Waals surface area (Å²) in [5.74, 6) is -2.75. The SMILES string of the molecule is COC(=O)Cc1cc(-c2ccc(C(=O)O)s2)sc1-c1ccc(-c2sc(-c3ccc(C(=O)O)s3)cc2CC(=O)OC)s1. The van der Waals surface area contributed by atoms with Crippen molar-refractivity contribution in [3.63, 3.8) is 0 Å². The van der Waals surface area contributed by atoms with Crippen LogP contribution in [0.15, 0.2) is 48.5 Å². The molecule has 41 heavy (non-hydrogen) atoms. The molecule has 0 unspecified atom stereocenters. The van der Waals surface area contributed by atoms with E-state index in [0.29, 0.717) is 0 Å². The molecule has 0 saturated heterocycles. The molecule has 2 N–H and O–H groups in total. The monoisotopic (exact) mass is 644 g/mol. The van der Waals surface area contributed by atoms with Crippen LogP contribution in [-0.2, 0) is 31.9 Å². The second kappa shape index (κ2) is 12.1. The highest BCUT2D eigenvalue weighted by atomic mass is 32.1. The Bertz CT molecular complexity index is 1650. The lowest BCUT2D eigenvalue weighted by Gasteiger charge is -2.02. The molecule has 0 amide bonds. The van der Waals surface area contributed by atoms with Crippen LogP contribution in [0.1, 0.15) is 30.5 Å². The normalized spacial score (nSPS) is 11.0. The number of rotatable bonds is 10. The number of hydrogen-bond donors (Lipinski definition) is 2. The molecule has 0 spiro atoms. The van der Waals surface area contributed by atoms with E-state index in [0.717, 1.165) is 50.1 Å². The smallest absolute Gasteiger partial charge is 0.345 e. The van der Waals surface area contributed by atoms with Gasteiger partial charge in [-0.25, -0.2) is 9.59 Å². The molecule has 0 aliphatic heterocycles. The largest absolute Gasteiger partial charge is 0.477 e. The van der Waals surface area contributed by atoms with Gasteiger partial charge in [0.15, 0.2) is 0 Å². The number of carbonyl (C=O) groups excluding carboxylic acids is 2. The van der Waals surface area contributed by atoms with Crippen LogP contribution in [0, 0.1) is 0 Å². The molecule has 0 fully saturated rings. The number of methoxy groups -OCH3 is 2. The van der Waals surface area contributed by atoms with Crippen molar-refractivity contribution in [3.8, 4) is 39.0 Å². The Hall–Kier alpha value is -3.62. The Kier molecular flexibility index (Phi) is 8.52. The molecule has 0 radical (unpaired) electrons. The summed E-state index contributed by atoms with van der Waals surface area (Å²) in [4.78, 5) is 54.6. The van der Waals surface area contributed by atoms with Gasteiger partial charge in [-0.3, -0.25) is 9.59 Å². The Morgan fingerprint density at radius 1 is 0.561 bits per heavy atom. The van der Waals surface area contributed by atoms with E-state index in [1.807, 2.05) is 24.3 Å². The maximum atomic E-state index is 12.2. The summed E-state index contributed by atoms with van der Waals surface area (Å²) in [5.41, 5.74) is 1.55. The summed E-state index contributed by atoms with van der Waals surface area (Å²) in [5, 5.41) is 18.7. The van der Waals surface area contributed by atoms with E-state index in [1.54, 1.807) is 24.3 Å². The fraction of sp³-hybridized carbons (Fsp3) is 0.143. The summed E-state index contributed by atoms with van der Waals surface area (Å²) in [6.07, 6.45) is 0.127. The predicted molar refractivity (Wildman–Crippen MR) is 163 cm³/mol. The second-order valence-corrected chi connectivity index (χ2v) is 13.9. The van der Waals surface area contributed by atoms with E-state index in [4.69, 9.17) is 9.47 Å². The van der Waals surface area contributed by atoms with E-state index < -0.39 is 11.9 Å². The van der Waals surface area contributed by atoms with Crippen molar-refractivity contribution in [3.05, 3.63) is 69.4 Å². The van der Waals surface area contributed by atoms with Gasteiger partial charge < -0.3 is 19.7 Å². The molecule has 13 heteroatoms. The summed E-state index contributed by atoms with van der Waals surface area (Å²) >= 11 is 6.80. The van der Waals surface area contributed by atoms with Crippen molar-refractivity contribution in [1.29, 1.82) is 0 Å². The first-order valence-electron chi connectivity index (χ1n) is 11.8.